The number of nitrogens with two attached hydrogens (primary N) is 1. The van der Waals surface area contributed by atoms with Gasteiger partial charge in [0.2, 0.25) is 0 Å². The number of carbonyl (C=O) groups is 1. The summed E-state index contributed by atoms with van der Waals surface area (Å²) in [7, 11) is 0. The van der Waals surface area contributed by atoms with Gasteiger partial charge in [-0.1, -0.05) is 0 Å². The van der Waals surface area contributed by atoms with Crippen LogP contribution in [0.15, 0.2) is 10.9 Å². The first-order valence-corrected chi connectivity index (χ1v) is 6.01. The molecule has 15 heavy (non-hydrogen) atoms. The van der Waals surface area contributed by atoms with Crippen LogP contribution in [0.4, 0.5) is 0 Å². The molecule has 1 aliphatic rings. The van der Waals surface area contributed by atoms with Crippen molar-refractivity contribution in [2.45, 2.75) is 25.3 Å². The number of rotatable bonds is 4. The quantitative estimate of drug-likeness (QED) is 0.803. The summed E-state index contributed by atoms with van der Waals surface area (Å²) in [5.74, 6) is 0.418. The summed E-state index contributed by atoms with van der Waals surface area (Å²) in [4.78, 5) is 15.8. The van der Waals surface area contributed by atoms with E-state index in [1.165, 1.54) is 11.3 Å². The van der Waals surface area contributed by atoms with E-state index in [2.05, 4.69) is 10.3 Å². The van der Waals surface area contributed by atoms with Gasteiger partial charge >= 0.3 is 0 Å². The topological polar surface area (TPSA) is 68.0 Å². The van der Waals surface area contributed by atoms with E-state index in [1.807, 2.05) is 6.92 Å². The molecule has 0 aliphatic heterocycles. The van der Waals surface area contributed by atoms with Crippen molar-refractivity contribution in [3.63, 3.8) is 0 Å². The van der Waals surface area contributed by atoms with E-state index < -0.39 is 0 Å². The van der Waals surface area contributed by atoms with Crippen LogP contribution < -0.4 is 11.1 Å². The molecule has 3 N–H and O–H groups in total. The molecule has 0 radical (unpaired) electrons. The predicted molar refractivity (Wildman–Crippen MR) is 59.8 cm³/mol. The lowest BCUT2D eigenvalue weighted by atomic mass is 9.96. The van der Waals surface area contributed by atoms with Gasteiger partial charge in [-0.25, -0.2) is 4.98 Å². The third kappa shape index (κ3) is 2.18. The maximum atomic E-state index is 11.8. The number of hydrogen-bond acceptors (Lipinski definition) is 4. The summed E-state index contributed by atoms with van der Waals surface area (Å²) >= 11 is 1.42. The van der Waals surface area contributed by atoms with Crippen molar-refractivity contribution in [1.29, 1.82) is 0 Å². The standard InChI is InChI=1S/C10H15N3OS/c1-10(5-11,7-2-3-7)13-9(14)8-4-15-6-12-8/h4,6-7H,2-3,5,11H2,1H3,(H,13,14). The predicted octanol–water partition coefficient (Wildman–Crippen LogP) is 1.00. The molecule has 1 aromatic heterocycles. The van der Waals surface area contributed by atoms with Crippen molar-refractivity contribution in [2.24, 2.45) is 11.7 Å². The Balaban J connectivity index is 2.04. The summed E-state index contributed by atoms with van der Waals surface area (Å²) in [6.45, 7) is 2.49. The molecule has 1 saturated carbocycles. The normalized spacial score (nSPS) is 19.6. The van der Waals surface area contributed by atoms with Crippen molar-refractivity contribution in [2.75, 3.05) is 6.54 Å². The summed E-state index contributed by atoms with van der Waals surface area (Å²) in [6, 6.07) is 0. The molecule has 1 atom stereocenters. The van der Waals surface area contributed by atoms with Crippen molar-refractivity contribution >= 4 is 17.2 Å². The fraction of sp³-hybridized carbons (Fsp3) is 0.600. The van der Waals surface area contributed by atoms with Crippen LogP contribution in [0.5, 0.6) is 0 Å². The second-order valence-corrected chi connectivity index (χ2v) is 4.94. The average molecular weight is 225 g/mol. The number of aromatic nitrogens is 1. The molecule has 0 aromatic carbocycles. The molecule has 2 rings (SSSR count). The Morgan fingerprint density at radius 2 is 2.53 bits per heavy atom. The first kappa shape index (κ1) is 10.6. The molecule has 1 fully saturated rings. The minimum atomic E-state index is -0.263. The Hall–Kier alpha value is -0.940. The average Bonchev–Trinajstić information content (AvgIpc) is 2.94. The molecule has 1 amide bonds. The Morgan fingerprint density at radius 3 is 3.00 bits per heavy atom. The van der Waals surface area contributed by atoms with Crippen molar-refractivity contribution in [3.8, 4) is 0 Å². The van der Waals surface area contributed by atoms with Gasteiger partial charge in [-0.2, -0.15) is 0 Å². The third-order valence-corrected chi connectivity index (χ3v) is 3.55. The first-order valence-electron chi connectivity index (χ1n) is 5.06. The molecule has 1 aliphatic carbocycles. The van der Waals surface area contributed by atoms with Gasteiger partial charge in [0.1, 0.15) is 5.69 Å². The highest BCUT2D eigenvalue weighted by Crippen LogP contribution is 2.39. The van der Waals surface area contributed by atoms with Gasteiger partial charge in [0.25, 0.3) is 5.91 Å². The summed E-state index contributed by atoms with van der Waals surface area (Å²) in [5.41, 5.74) is 7.60. The molecule has 82 valence electrons. The van der Waals surface area contributed by atoms with E-state index in [-0.39, 0.29) is 11.4 Å². The Bertz CT molecular complexity index is 348. The van der Waals surface area contributed by atoms with Crippen LogP contribution in [-0.4, -0.2) is 23.0 Å². The van der Waals surface area contributed by atoms with Crippen LogP contribution in [0.2, 0.25) is 0 Å². The number of hydrogen-bond donors (Lipinski definition) is 2. The van der Waals surface area contributed by atoms with E-state index in [9.17, 15) is 4.79 Å². The van der Waals surface area contributed by atoms with E-state index in [4.69, 9.17) is 5.73 Å². The van der Waals surface area contributed by atoms with Gasteiger partial charge in [-0.15, -0.1) is 11.3 Å². The third-order valence-electron chi connectivity index (χ3n) is 2.97. The Morgan fingerprint density at radius 1 is 1.80 bits per heavy atom. The van der Waals surface area contributed by atoms with Crippen LogP contribution in [0.1, 0.15) is 30.3 Å². The highest BCUT2D eigenvalue weighted by molar-refractivity contribution is 7.07. The highest BCUT2D eigenvalue weighted by atomic mass is 32.1. The molecule has 0 saturated heterocycles. The lowest BCUT2D eigenvalue weighted by molar-refractivity contribution is 0.0893. The maximum absolute atomic E-state index is 11.8. The van der Waals surface area contributed by atoms with E-state index in [0.29, 0.717) is 18.2 Å². The molecule has 0 bridgehead atoms. The van der Waals surface area contributed by atoms with Crippen molar-refractivity contribution in [1.82, 2.24) is 10.3 Å². The smallest absolute Gasteiger partial charge is 0.271 e. The van der Waals surface area contributed by atoms with Crippen LogP contribution in [0.3, 0.4) is 0 Å². The SMILES string of the molecule is CC(CN)(NC(=O)c1cscn1)C1CC1. The Kier molecular flexibility index (Phi) is 2.75. The summed E-state index contributed by atoms with van der Waals surface area (Å²) in [6.07, 6.45) is 2.32. The Labute approximate surface area is 92.9 Å². The molecule has 1 unspecified atom stereocenters. The summed E-state index contributed by atoms with van der Waals surface area (Å²) in [5, 5.41) is 4.74. The number of nitrogens with zero attached hydrogens (tertiary/aromatic N) is 1. The van der Waals surface area contributed by atoms with Crippen molar-refractivity contribution < 1.29 is 4.79 Å². The summed E-state index contributed by atoms with van der Waals surface area (Å²) < 4.78 is 0. The molecule has 0 spiro atoms. The molecular formula is C10H15N3OS. The monoisotopic (exact) mass is 225 g/mol. The molecule has 1 heterocycles. The van der Waals surface area contributed by atoms with Gasteiger partial charge in [-0.05, 0) is 25.7 Å². The number of nitrogens with one attached hydrogen (secondary N) is 1. The molecule has 5 heteroatoms. The number of thiazole rings is 1. The highest BCUT2D eigenvalue weighted by Gasteiger charge is 2.41. The van der Waals surface area contributed by atoms with Gasteiger partial charge < -0.3 is 11.1 Å². The second kappa shape index (κ2) is 3.90. The van der Waals surface area contributed by atoms with Gasteiger partial charge in [-0.3, -0.25) is 4.79 Å². The van der Waals surface area contributed by atoms with E-state index >= 15 is 0 Å². The van der Waals surface area contributed by atoms with Gasteiger partial charge in [0, 0.05) is 11.9 Å². The fourth-order valence-corrected chi connectivity index (χ4v) is 2.22. The first-order chi connectivity index (χ1) is 7.15. The van der Waals surface area contributed by atoms with Crippen LogP contribution in [0, 0.1) is 5.92 Å². The number of carbonyl (C=O) groups excluding carboxylic acids is 1. The molecular weight excluding hydrogens is 210 g/mol. The van der Waals surface area contributed by atoms with Gasteiger partial charge in [0.05, 0.1) is 11.0 Å². The fourth-order valence-electron chi connectivity index (χ4n) is 1.69. The van der Waals surface area contributed by atoms with Gasteiger partial charge in [0.15, 0.2) is 0 Å². The lowest BCUT2D eigenvalue weighted by Crippen LogP contribution is -2.53. The van der Waals surface area contributed by atoms with Crippen LogP contribution in [0.25, 0.3) is 0 Å². The van der Waals surface area contributed by atoms with Crippen LogP contribution in [-0.2, 0) is 0 Å². The lowest BCUT2D eigenvalue weighted by Gasteiger charge is -2.29. The molecule has 1 aromatic rings. The second-order valence-electron chi connectivity index (χ2n) is 4.22. The maximum Gasteiger partial charge on any atom is 0.271 e. The number of amides is 1. The van der Waals surface area contributed by atoms with E-state index in [0.717, 1.165) is 12.8 Å². The largest absolute Gasteiger partial charge is 0.344 e. The minimum absolute atomic E-state index is 0.115. The zero-order valence-corrected chi connectivity index (χ0v) is 9.51. The molecule has 4 nitrogen and oxygen atoms in total. The minimum Gasteiger partial charge on any atom is -0.344 e. The van der Waals surface area contributed by atoms with Crippen LogP contribution >= 0.6 is 11.3 Å². The van der Waals surface area contributed by atoms with Crippen molar-refractivity contribution in [3.05, 3.63) is 16.6 Å². The van der Waals surface area contributed by atoms with E-state index in [1.54, 1.807) is 10.9 Å². The zero-order chi connectivity index (χ0) is 10.9. The zero-order valence-electron chi connectivity index (χ0n) is 8.69.